The van der Waals surface area contributed by atoms with Crippen LogP contribution in [-0.4, -0.2) is 30.5 Å². The van der Waals surface area contributed by atoms with Gasteiger partial charge < -0.3 is 15.2 Å². The summed E-state index contributed by atoms with van der Waals surface area (Å²) in [4.78, 5) is 10.8. The minimum atomic E-state index is -0.457. The molecule has 2 atom stereocenters. The number of aliphatic hydroxyl groups excluding tert-OH is 1. The van der Waals surface area contributed by atoms with Crippen LogP contribution in [0, 0.1) is 0 Å². The van der Waals surface area contributed by atoms with Crippen molar-refractivity contribution >= 4 is 6.09 Å². The van der Waals surface area contributed by atoms with E-state index in [1.807, 2.05) is 0 Å². The third kappa shape index (κ3) is 2.37. The average Bonchev–Trinajstić information content (AvgIpc) is 2.09. The van der Waals surface area contributed by atoms with E-state index >= 15 is 0 Å². The first-order valence-electron chi connectivity index (χ1n) is 4.26. The van der Waals surface area contributed by atoms with Gasteiger partial charge in [0.1, 0.15) is 0 Å². The van der Waals surface area contributed by atoms with Gasteiger partial charge in [0.25, 0.3) is 0 Å². The predicted octanol–water partition coefficient (Wildman–Crippen LogP) is 0.646. The molecule has 1 amide bonds. The number of alkyl carbamates (subject to hydrolysis) is 1. The highest BCUT2D eigenvalue weighted by Gasteiger charge is 2.24. The molecule has 2 N–H and O–H groups in total. The summed E-state index contributed by atoms with van der Waals surface area (Å²) < 4.78 is 4.44. The molecule has 0 spiro atoms. The van der Waals surface area contributed by atoms with E-state index in [-0.39, 0.29) is 6.04 Å². The average molecular weight is 173 g/mol. The molecule has 70 valence electrons. The van der Waals surface area contributed by atoms with E-state index in [0.717, 1.165) is 25.7 Å². The fourth-order valence-electron chi connectivity index (χ4n) is 1.49. The summed E-state index contributed by atoms with van der Waals surface area (Å²) in [5.41, 5.74) is 0. The Balaban J connectivity index is 2.33. The molecule has 1 rings (SSSR count). The normalized spacial score (nSPS) is 29.5. The largest absolute Gasteiger partial charge is 0.453 e. The summed E-state index contributed by atoms with van der Waals surface area (Å²) >= 11 is 0. The lowest BCUT2D eigenvalue weighted by molar-refractivity contribution is 0.0846. The number of aliphatic hydroxyl groups is 1. The summed E-state index contributed by atoms with van der Waals surface area (Å²) in [6.45, 7) is 0. The lowest BCUT2D eigenvalue weighted by Crippen LogP contribution is -2.44. The Morgan fingerprint density at radius 3 is 2.75 bits per heavy atom. The van der Waals surface area contributed by atoms with Crippen molar-refractivity contribution in [1.29, 1.82) is 0 Å². The molecule has 0 heterocycles. The van der Waals surface area contributed by atoms with Gasteiger partial charge in [-0.15, -0.1) is 0 Å². The molecule has 0 bridgehead atoms. The van der Waals surface area contributed by atoms with Crippen molar-refractivity contribution in [2.75, 3.05) is 7.11 Å². The van der Waals surface area contributed by atoms with Gasteiger partial charge in [0.2, 0.25) is 0 Å². The van der Waals surface area contributed by atoms with E-state index in [9.17, 15) is 9.90 Å². The molecule has 0 aliphatic heterocycles. The van der Waals surface area contributed by atoms with Gasteiger partial charge in [0, 0.05) is 0 Å². The molecule has 0 saturated heterocycles. The maximum atomic E-state index is 10.8. The number of carbonyl (C=O) groups is 1. The lowest BCUT2D eigenvalue weighted by Gasteiger charge is -2.27. The molecule has 0 aromatic rings. The number of methoxy groups -OCH3 is 1. The van der Waals surface area contributed by atoms with E-state index in [1.165, 1.54) is 7.11 Å². The zero-order valence-corrected chi connectivity index (χ0v) is 7.25. The quantitative estimate of drug-likeness (QED) is 0.612. The third-order valence-corrected chi connectivity index (χ3v) is 2.22. The first kappa shape index (κ1) is 9.32. The molecule has 0 aromatic carbocycles. The van der Waals surface area contributed by atoms with Crippen LogP contribution in [0.15, 0.2) is 0 Å². The van der Waals surface area contributed by atoms with Crippen molar-refractivity contribution in [3.05, 3.63) is 0 Å². The monoisotopic (exact) mass is 173 g/mol. The molecule has 4 nitrogen and oxygen atoms in total. The van der Waals surface area contributed by atoms with Gasteiger partial charge >= 0.3 is 6.09 Å². The number of carbonyl (C=O) groups excluding carboxylic acids is 1. The van der Waals surface area contributed by atoms with E-state index < -0.39 is 12.2 Å². The van der Waals surface area contributed by atoms with Gasteiger partial charge in [-0.2, -0.15) is 0 Å². The first-order chi connectivity index (χ1) is 5.74. The van der Waals surface area contributed by atoms with Crippen molar-refractivity contribution in [3.63, 3.8) is 0 Å². The van der Waals surface area contributed by atoms with Crippen LogP contribution >= 0.6 is 0 Å². The van der Waals surface area contributed by atoms with Gasteiger partial charge in [-0.25, -0.2) is 4.79 Å². The Morgan fingerprint density at radius 2 is 2.17 bits per heavy atom. The number of hydrogen-bond acceptors (Lipinski definition) is 3. The third-order valence-electron chi connectivity index (χ3n) is 2.22. The Labute approximate surface area is 71.9 Å². The second kappa shape index (κ2) is 4.30. The second-order valence-corrected chi connectivity index (χ2v) is 3.09. The van der Waals surface area contributed by atoms with Crippen molar-refractivity contribution in [1.82, 2.24) is 5.32 Å². The molecule has 1 aliphatic rings. The molecule has 0 radical (unpaired) electrons. The van der Waals surface area contributed by atoms with E-state index in [4.69, 9.17) is 0 Å². The smallest absolute Gasteiger partial charge is 0.407 e. The second-order valence-electron chi connectivity index (χ2n) is 3.09. The number of amides is 1. The maximum Gasteiger partial charge on any atom is 0.407 e. The Hall–Kier alpha value is -0.770. The van der Waals surface area contributed by atoms with Crippen LogP contribution in [0.4, 0.5) is 4.79 Å². The topological polar surface area (TPSA) is 58.6 Å². The molecule has 4 heteroatoms. The van der Waals surface area contributed by atoms with Gasteiger partial charge in [0.15, 0.2) is 0 Å². The Morgan fingerprint density at radius 1 is 1.50 bits per heavy atom. The van der Waals surface area contributed by atoms with Crippen molar-refractivity contribution in [3.8, 4) is 0 Å². The van der Waals surface area contributed by atoms with Gasteiger partial charge in [0.05, 0.1) is 19.3 Å². The van der Waals surface area contributed by atoms with Crippen LogP contribution in [0.3, 0.4) is 0 Å². The fraction of sp³-hybridized carbons (Fsp3) is 0.875. The van der Waals surface area contributed by atoms with E-state index in [2.05, 4.69) is 10.1 Å². The standard InChI is InChI=1S/C8H15NO3/c1-12-8(11)9-6-4-2-3-5-7(6)10/h6-7,10H,2-5H2,1H3,(H,9,11)/t6-,7+/m1/s1. The molecule has 0 aromatic heterocycles. The van der Waals surface area contributed by atoms with Crippen molar-refractivity contribution in [2.45, 2.75) is 37.8 Å². The summed E-state index contributed by atoms with van der Waals surface area (Å²) in [6, 6.07) is -0.119. The van der Waals surface area contributed by atoms with E-state index in [1.54, 1.807) is 0 Å². The Kier molecular flexibility index (Phi) is 3.34. The van der Waals surface area contributed by atoms with Crippen molar-refractivity contribution in [2.24, 2.45) is 0 Å². The number of ether oxygens (including phenoxy) is 1. The van der Waals surface area contributed by atoms with Crippen LogP contribution < -0.4 is 5.32 Å². The molecular weight excluding hydrogens is 158 g/mol. The summed E-state index contributed by atoms with van der Waals surface area (Å²) in [5.74, 6) is 0. The number of rotatable bonds is 1. The minimum absolute atomic E-state index is 0.119. The highest BCUT2D eigenvalue weighted by Crippen LogP contribution is 2.18. The zero-order chi connectivity index (χ0) is 8.97. The fourth-order valence-corrected chi connectivity index (χ4v) is 1.49. The molecule has 0 unspecified atom stereocenters. The number of hydrogen-bond donors (Lipinski definition) is 2. The van der Waals surface area contributed by atoms with Crippen LogP contribution in [0.25, 0.3) is 0 Å². The number of nitrogens with one attached hydrogen (secondary N) is 1. The highest BCUT2D eigenvalue weighted by molar-refractivity contribution is 5.67. The van der Waals surface area contributed by atoms with Gasteiger partial charge in [-0.1, -0.05) is 12.8 Å². The molecule has 1 saturated carbocycles. The van der Waals surface area contributed by atoms with Gasteiger partial charge in [-0.3, -0.25) is 0 Å². The maximum absolute atomic E-state index is 10.8. The summed E-state index contributed by atoms with van der Waals surface area (Å²) in [5, 5.41) is 12.1. The predicted molar refractivity (Wildman–Crippen MR) is 43.8 cm³/mol. The van der Waals surface area contributed by atoms with Crippen LogP contribution in [0.1, 0.15) is 25.7 Å². The highest BCUT2D eigenvalue weighted by atomic mass is 16.5. The minimum Gasteiger partial charge on any atom is -0.453 e. The zero-order valence-electron chi connectivity index (χ0n) is 7.25. The molecule has 12 heavy (non-hydrogen) atoms. The van der Waals surface area contributed by atoms with Crippen LogP contribution in [0.2, 0.25) is 0 Å². The summed E-state index contributed by atoms with van der Waals surface area (Å²) in [6.07, 6.45) is 2.86. The SMILES string of the molecule is COC(=O)N[C@@H]1CCCC[C@@H]1O. The van der Waals surface area contributed by atoms with Crippen LogP contribution in [-0.2, 0) is 4.74 Å². The molecule has 1 fully saturated rings. The molecular formula is C8H15NO3. The Bertz CT molecular complexity index is 160. The molecule has 1 aliphatic carbocycles. The van der Waals surface area contributed by atoms with E-state index in [0.29, 0.717) is 0 Å². The van der Waals surface area contributed by atoms with Gasteiger partial charge in [-0.05, 0) is 12.8 Å². The first-order valence-corrected chi connectivity index (χ1v) is 4.26. The van der Waals surface area contributed by atoms with Crippen molar-refractivity contribution < 1.29 is 14.6 Å². The lowest BCUT2D eigenvalue weighted by atomic mass is 9.93. The van der Waals surface area contributed by atoms with Crippen LogP contribution in [0.5, 0.6) is 0 Å². The summed E-state index contributed by atoms with van der Waals surface area (Å²) in [7, 11) is 1.32.